The second kappa shape index (κ2) is 6.10. The molecule has 0 saturated carbocycles. The Balaban J connectivity index is 0.00000147. The Bertz CT molecular complexity index is 466. The van der Waals surface area contributed by atoms with Gasteiger partial charge in [0.2, 0.25) is 5.91 Å². The maximum atomic E-state index is 13.0. The first-order valence-corrected chi connectivity index (χ1v) is 7.00. The molecule has 0 aliphatic carbocycles. The van der Waals surface area contributed by atoms with Crippen LogP contribution in [0.5, 0.6) is 0 Å². The number of rotatable bonds is 1. The van der Waals surface area contributed by atoms with E-state index < -0.39 is 0 Å². The number of benzene rings is 1. The van der Waals surface area contributed by atoms with Crippen LogP contribution < -0.4 is 10.2 Å². The van der Waals surface area contributed by atoms with Crippen molar-refractivity contribution in [1.82, 2.24) is 5.32 Å². The van der Waals surface area contributed by atoms with Crippen molar-refractivity contribution < 1.29 is 9.18 Å². The molecule has 0 aromatic heterocycles. The second-order valence-corrected chi connectivity index (χ2v) is 5.57. The van der Waals surface area contributed by atoms with Gasteiger partial charge in [0.25, 0.3) is 0 Å². The Hall–Kier alpha value is -1.13. The molecular weight excluding hydrogens is 279 g/mol. The molecule has 0 radical (unpaired) electrons. The predicted octanol–water partition coefficient (Wildman–Crippen LogP) is 2.74. The van der Waals surface area contributed by atoms with Crippen molar-refractivity contribution in [3.8, 4) is 0 Å². The molecule has 110 valence electrons. The summed E-state index contributed by atoms with van der Waals surface area (Å²) in [6, 6.07) is 6.25. The minimum absolute atomic E-state index is 0. The number of nitrogens with zero attached hydrogens (tertiary/aromatic N) is 1. The lowest BCUT2D eigenvalue weighted by Crippen LogP contribution is -2.53. The Kier molecular flexibility index (Phi) is 4.66. The van der Waals surface area contributed by atoms with Gasteiger partial charge in [-0.15, -0.1) is 12.4 Å². The highest BCUT2D eigenvalue weighted by molar-refractivity contribution is 5.98. The number of hydrogen-bond donors (Lipinski definition) is 1. The molecule has 3 rings (SSSR count). The molecule has 1 N–H and O–H groups in total. The monoisotopic (exact) mass is 298 g/mol. The maximum Gasteiger partial charge on any atom is 0.233 e. The summed E-state index contributed by atoms with van der Waals surface area (Å²) in [5.74, 6) is -0.0309. The number of halogens is 2. The standard InChI is InChI=1S/C15H19FN2O.ClH/c16-12-2-4-13(5-3-12)18-11-1-6-15(14(18)19)7-9-17-10-8-15;/h2-5,17H,1,6-11H2;1H. The predicted molar refractivity (Wildman–Crippen MR) is 79.8 cm³/mol. The number of nitrogens with one attached hydrogen (secondary N) is 1. The maximum absolute atomic E-state index is 13.0. The lowest BCUT2D eigenvalue weighted by atomic mass is 9.72. The van der Waals surface area contributed by atoms with E-state index in [4.69, 9.17) is 0 Å². The van der Waals surface area contributed by atoms with Gasteiger partial charge in [-0.3, -0.25) is 4.79 Å². The molecule has 1 aromatic carbocycles. The molecule has 20 heavy (non-hydrogen) atoms. The number of hydrogen-bond acceptors (Lipinski definition) is 2. The van der Waals surface area contributed by atoms with Gasteiger partial charge in [-0.05, 0) is 63.0 Å². The van der Waals surface area contributed by atoms with E-state index in [-0.39, 0.29) is 29.5 Å². The average molecular weight is 299 g/mol. The third kappa shape index (κ3) is 2.67. The summed E-state index contributed by atoms with van der Waals surface area (Å²) in [6.45, 7) is 2.59. The third-order valence-electron chi connectivity index (χ3n) is 4.43. The molecule has 2 heterocycles. The smallest absolute Gasteiger partial charge is 0.233 e. The molecule has 5 heteroatoms. The van der Waals surface area contributed by atoms with Gasteiger partial charge in [-0.2, -0.15) is 0 Å². The Labute approximate surface area is 124 Å². The van der Waals surface area contributed by atoms with Crippen molar-refractivity contribution in [2.75, 3.05) is 24.5 Å². The highest BCUT2D eigenvalue weighted by Crippen LogP contribution is 2.40. The van der Waals surface area contributed by atoms with Crippen molar-refractivity contribution in [3.63, 3.8) is 0 Å². The number of carbonyl (C=O) groups is 1. The SMILES string of the molecule is Cl.O=C1N(c2ccc(F)cc2)CCCC12CCNCC2. The van der Waals surface area contributed by atoms with Gasteiger partial charge in [-0.25, -0.2) is 4.39 Å². The summed E-state index contributed by atoms with van der Waals surface area (Å²) in [6.07, 6.45) is 3.86. The molecule has 2 saturated heterocycles. The van der Waals surface area contributed by atoms with Crippen LogP contribution in [-0.2, 0) is 4.79 Å². The topological polar surface area (TPSA) is 32.3 Å². The summed E-state index contributed by atoms with van der Waals surface area (Å²) < 4.78 is 13.0. The van der Waals surface area contributed by atoms with Crippen molar-refractivity contribution in [2.24, 2.45) is 5.41 Å². The summed E-state index contributed by atoms with van der Waals surface area (Å²) in [5, 5.41) is 3.32. The van der Waals surface area contributed by atoms with Crippen molar-refractivity contribution in [2.45, 2.75) is 25.7 Å². The zero-order valence-corrected chi connectivity index (χ0v) is 12.2. The molecule has 3 nitrogen and oxygen atoms in total. The van der Waals surface area contributed by atoms with Gasteiger partial charge in [0, 0.05) is 12.2 Å². The fourth-order valence-corrected chi connectivity index (χ4v) is 3.31. The molecule has 0 atom stereocenters. The number of amides is 1. The van der Waals surface area contributed by atoms with Crippen molar-refractivity contribution in [3.05, 3.63) is 30.1 Å². The lowest BCUT2D eigenvalue weighted by Gasteiger charge is -2.44. The first kappa shape index (κ1) is 15.3. The molecular formula is C15H20ClFN2O. The largest absolute Gasteiger partial charge is 0.317 e. The van der Waals surface area contributed by atoms with E-state index >= 15 is 0 Å². The summed E-state index contributed by atoms with van der Waals surface area (Å²) in [7, 11) is 0. The zero-order chi connectivity index (χ0) is 13.3. The first-order valence-electron chi connectivity index (χ1n) is 7.00. The van der Waals surface area contributed by atoms with E-state index in [1.807, 2.05) is 4.90 Å². The summed E-state index contributed by atoms with van der Waals surface area (Å²) in [5.41, 5.74) is 0.641. The van der Waals surface area contributed by atoms with Crippen molar-refractivity contribution in [1.29, 1.82) is 0 Å². The van der Waals surface area contributed by atoms with E-state index in [1.54, 1.807) is 12.1 Å². The second-order valence-electron chi connectivity index (χ2n) is 5.57. The molecule has 1 amide bonds. The fourth-order valence-electron chi connectivity index (χ4n) is 3.31. The van der Waals surface area contributed by atoms with Crippen LogP contribution in [0.2, 0.25) is 0 Å². The number of piperidine rings is 2. The van der Waals surface area contributed by atoms with E-state index in [0.29, 0.717) is 0 Å². The zero-order valence-electron chi connectivity index (χ0n) is 11.4. The Morgan fingerprint density at radius 2 is 1.75 bits per heavy atom. The number of carbonyl (C=O) groups excluding carboxylic acids is 1. The molecule has 0 unspecified atom stereocenters. The molecule has 0 bridgehead atoms. The van der Waals surface area contributed by atoms with Crippen LogP contribution in [0.25, 0.3) is 0 Å². The average Bonchev–Trinajstić information content (AvgIpc) is 2.44. The van der Waals surface area contributed by atoms with Crippen LogP contribution in [0.4, 0.5) is 10.1 Å². The molecule has 1 aromatic rings. The van der Waals surface area contributed by atoms with Crippen LogP contribution in [0, 0.1) is 11.2 Å². The normalized spacial score (nSPS) is 21.6. The van der Waals surface area contributed by atoms with E-state index in [9.17, 15) is 9.18 Å². The lowest BCUT2D eigenvalue weighted by molar-refractivity contribution is -0.132. The molecule has 2 aliphatic rings. The van der Waals surface area contributed by atoms with Crippen LogP contribution in [0.1, 0.15) is 25.7 Å². The minimum Gasteiger partial charge on any atom is -0.317 e. The Morgan fingerprint density at radius 1 is 1.10 bits per heavy atom. The summed E-state index contributed by atoms with van der Waals surface area (Å²) >= 11 is 0. The Morgan fingerprint density at radius 3 is 2.40 bits per heavy atom. The number of anilines is 1. The van der Waals surface area contributed by atoms with Crippen molar-refractivity contribution >= 4 is 24.0 Å². The van der Waals surface area contributed by atoms with Gasteiger partial charge in [0.15, 0.2) is 0 Å². The van der Waals surface area contributed by atoms with E-state index in [1.165, 1.54) is 12.1 Å². The van der Waals surface area contributed by atoms with Crippen LogP contribution >= 0.6 is 12.4 Å². The van der Waals surface area contributed by atoms with Gasteiger partial charge in [0.05, 0.1) is 5.41 Å². The van der Waals surface area contributed by atoms with E-state index in [2.05, 4.69) is 5.32 Å². The van der Waals surface area contributed by atoms with Gasteiger partial charge in [-0.1, -0.05) is 0 Å². The summed E-state index contributed by atoms with van der Waals surface area (Å²) in [4.78, 5) is 14.6. The van der Waals surface area contributed by atoms with Crippen LogP contribution in [0.15, 0.2) is 24.3 Å². The van der Waals surface area contributed by atoms with Gasteiger partial charge >= 0.3 is 0 Å². The third-order valence-corrected chi connectivity index (χ3v) is 4.43. The fraction of sp³-hybridized carbons (Fsp3) is 0.533. The first-order chi connectivity index (χ1) is 9.21. The highest BCUT2D eigenvalue weighted by Gasteiger charge is 2.44. The van der Waals surface area contributed by atoms with E-state index in [0.717, 1.165) is 51.0 Å². The minimum atomic E-state index is -0.259. The van der Waals surface area contributed by atoms with Gasteiger partial charge < -0.3 is 10.2 Å². The quantitative estimate of drug-likeness (QED) is 0.864. The molecule has 1 spiro atoms. The van der Waals surface area contributed by atoms with Gasteiger partial charge in [0.1, 0.15) is 5.82 Å². The van der Waals surface area contributed by atoms with Crippen LogP contribution in [-0.4, -0.2) is 25.5 Å². The molecule has 2 fully saturated rings. The highest BCUT2D eigenvalue weighted by atomic mass is 35.5. The van der Waals surface area contributed by atoms with Crippen LogP contribution in [0.3, 0.4) is 0 Å². The molecule has 2 aliphatic heterocycles.